The molecule has 1 fully saturated rings. The lowest BCUT2D eigenvalue weighted by Crippen LogP contribution is -2.10. The highest BCUT2D eigenvalue weighted by Crippen LogP contribution is 2.30. The first-order chi connectivity index (χ1) is 12.6. The second kappa shape index (κ2) is 6.58. The quantitative estimate of drug-likeness (QED) is 0.537. The zero-order valence-corrected chi connectivity index (χ0v) is 14.0. The Kier molecular flexibility index (Phi) is 4.11. The lowest BCUT2D eigenvalue weighted by atomic mass is 10.2. The smallest absolute Gasteiger partial charge is 0.293 e. The highest BCUT2D eigenvalue weighted by molar-refractivity contribution is 5.86. The molecule has 4 rings (SSSR count). The van der Waals surface area contributed by atoms with Crippen LogP contribution in [-0.2, 0) is 6.54 Å². The number of nitrogens with zero attached hydrogens (tertiary/aromatic N) is 4. The normalized spacial score (nSPS) is 14.8. The minimum Gasteiger partial charge on any atom is -0.374 e. The van der Waals surface area contributed by atoms with Crippen LogP contribution in [0.3, 0.4) is 0 Å². The molecule has 0 aliphatic heterocycles. The molecule has 0 saturated heterocycles. The topological polar surface area (TPSA) is 119 Å². The summed E-state index contributed by atoms with van der Waals surface area (Å²) in [6, 6.07) is 5.15. The van der Waals surface area contributed by atoms with Crippen molar-refractivity contribution in [3.05, 3.63) is 56.9 Å². The number of nitrogens with one attached hydrogen (secondary N) is 2. The lowest BCUT2D eigenvalue weighted by Gasteiger charge is -2.09. The second-order valence-corrected chi connectivity index (χ2v) is 6.45. The summed E-state index contributed by atoms with van der Waals surface area (Å²) in [6.45, 7) is 0.356. The van der Waals surface area contributed by atoms with Crippen LogP contribution in [0.5, 0.6) is 0 Å². The van der Waals surface area contributed by atoms with Gasteiger partial charge in [-0.2, -0.15) is 5.10 Å². The Labute approximate surface area is 148 Å². The molecular formula is C17H18N6O3. The van der Waals surface area contributed by atoms with Gasteiger partial charge in [-0.15, -0.1) is 0 Å². The van der Waals surface area contributed by atoms with Gasteiger partial charge >= 0.3 is 0 Å². The van der Waals surface area contributed by atoms with Gasteiger partial charge in [0.2, 0.25) is 0 Å². The Morgan fingerprint density at radius 2 is 2.15 bits per heavy atom. The number of aromatic amines is 1. The fraction of sp³-hybridized carbons (Fsp3) is 0.353. The summed E-state index contributed by atoms with van der Waals surface area (Å²) in [5.41, 5.74) is 0.964. The van der Waals surface area contributed by atoms with Crippen LogP contribution in [0.2, 0.25) is 0 Å². The first-order valence-electron chi connectivity index (χ1n) is 8.55. The van der Waals surface area contributed by atoms with E-state index in [9.17, 15) is 14.9 Å². The number of nitro groups is 1. The zero-order valence-electron chi connectivity index (χ0n) is 14.0. The minimum atomic E-state index is -0.509. The first-order valence-corrected chi connectivity index (χ1v) is 8.55. The van der Waals surface area contributed by atoms with Crippen molar-refractivity contribution >= 4 is 22.3 Å². The molecule has 134 valence electrons. The second-order valence-electron chi connectivity index (χ2n) is 6.45. The standard InChI is InChI=1S/C17H18N6O3/c24-17-13-7-16(23(25)26)15(8-14(13)19-10-20-17)18-9-11-5-6-22(21-11)12-3-1-2-4-12/h5-8,10,12,18H,1-4,9H2,(H,19,20,24). The maximum Gasteiger partial charge on any atom is 0.293 e. The molecule has 2 N–H and O–H groups in total. The van der Waals surface area contributed by atoms with Crippen molar-refractivity contribution < 1.29 is 4.92 Å². The third-order valence-corrected chi connectivity index (χ3v) is 4.78. The highest BCUT2D eigenvalue weighted by Gasteiger charge is 2.19. The predicted molar refractivity (Wildman–Crippen MR) is 96.1 cm³/mol. The van der Waals surface area contributed by atoms with E-state index >= 15 is 0 Å². The van der Waals surface area contributed by atoms with E-state index in [1.165, 1.54) is 31.3 Å². The summed E-state index contributed by atoms with van der Waals surface area (Å²) >= 11 is 0. The molecule has 1 aliphatic carbocycles. The van der Waals surface area contributed by atoms with E-state index in [4.69, 9.17) is 0 Å². The van der Waals surface area contributed by atoms with Gasteiger partial charge in [0.05, 0.1) is 40.4 Å². The van der Waals surface area contributed by atoms with Crippen molar-refractivity contribution in [3.63, 3.8) is 0 Å². The fourth-order valence-corrected chi connectivity index (χ4v) is 3.43. The molecule has 2 aromatic heterocycles. The van der Waals surface area contributed by atoms with Crippen molar-refractivity contribution in [2.75, 3.05) is 5.32 Å². The number of anilines is 1. The summed E-state index contributed by atoms with van der Waals surface area (Å²) < 4.78 is 1.99. The van der Waals surface area contributed by atoms with E-state index in [2.05, 4.69) is 20.4 Å². The van der Waals surface area contributed by atoms with Crippen LogP contribution in [0.1, 0.15) is 37.4 Å². The van der Waals surface area contributed by atoms with Gasteiger partial charge in [-0.05, 0) is 25.0 Å². The highest BCUT2D eigenvalue weighted by atomic mass is 16.6. The van der Waals surface area contributed by atoms with Crippen LogP contribution in [0.25, 0.3) is 10.9 Å². The molecule has 0 radical (unpaired) electrons. The number of rotatable bonds is 5. The Morgan fingerprint density at radius 1 is 1.35 bits per heavy atom. The van der Waals surface area contributed by atoms with Crippen molar-refractivity contribution in [2.24, 2.45) is 0 Å². The first kappa shape index (κ1) is 16.2. The summed E-state index contributed by atoms with van der Waals surface area (Å²) in [4.78, 5) is 29.2. The van der Waals surface area contributed by atoms with Crippen LogP contribution in [-0.4, -0.2) is 24.7 Å². The van der Waals surface area contributed by atoms with Crippen LogP contribution in [0.4, 0.5) is 11.4 Å². The average molecular weight is 354 g/mol. The summed E-state index contributed by atoms with van der Waals surface area (Å²) in [7, 11) is 0. The average Bonchev–Trinajstić information content (AvgIpc) is 3.31. The number of nitro benzene ring substituents is 1. The van der Waals surface area contributed by atoms with Crippen LogP contribution >= 0.6 is 0 Å². The zero-order chi connectivity index (χ0) is 18.1. The van der Waals surface area contributed by atoms with Crippen molar-refractivity contribution in [1.29, 1.82) is 0 Å². The number of aromatic nitrogens is 4. The van der Waals surface area contributed by atoms with E-state index in [-0.39, 0.29) is 11.1 Å². The van der Waals surface area contributed by atoms with Gasteiger partial charge in [-0.25, -0.2) is 4.98 Å². The molecular weight excluding hydrogens is 336 g/mol. The van der Waals surface area contributed by atoms with Gasteiger partial charge in [0.1, 0.15) is 5.69 Å². The van der Waals surface area contributed by atoms with Crippen LogP contribution in [0.15, 0.2) is 35.5 Å². The van der Waals surface area contributed by atoms with E-state index in [1.54, 1.807) is 0 Å². The molecule has 9 heteroatoms. The van der Waals surface area contributed by atoms with E-state index in [1.807, 2.05) is 16.9 Å². The van der Waals surface area contributed by atoms with Crippen LogP contribution in [0, 0.1) is 10.1 Å². The Bertz CT molecular complexity index is 1020. The molecule has 0 atom stereocenters. The van der Waals surface area contributed by atoms with Gasteiger partial charge < -0.3 is 10.3 Å². The van der Waals surface area contributed by atoms with Gasteiger partial charge in [0.25, 0.3) is 11.2 Å². The molecule has 1 saturated carbocycles. The van der Waals surface area contributed by atoms with Gasteiger partial charge in [-0.1, -0.05) is 12.8 Å². The largest absolute Gasteiger partial charge is 0.374 e. The van der Waals surface area contributed by atoms with Gasteiger partial charge in [0, 0.05) is 12.3 Å². The Hall–Kier alpha value is -3.23. The third kappa shape index (κ3) is 3.03. The molecule has 0 amide bonds. The minimum absolute atomic E-state index is 0.161. The fourth-order valence-electron chi connectivity index (χ4n) is 3.43. The number of hydrogen-bond acceptors (Lipinski definition) is 6. The molecule has 3 aromatic rings. The SMILES string of the molecule is O=c1[nH]cnc2cc(NCc3ccn(C4CCCC4)n3)c([N+](=O)[O-])cc12. The van der Waals surface area contributed by atoms with Crippen molar-refractivity contribution in [3.8, 4) is 0 Å². The Balaban J connectivity index is 1.59. The molecule has 0 spiro atoms. The van der Waals surface area contributed by atoms with E-state index in [0.717, 1.165) is 18.5 Å². The number of hydrogen-bond donors (Lipinski definition) is 2. The summed E-state index contributed by atoms with van der Waals surface area (Å²) in [5.74, 6) is 0. The lowest BCUT2D eigenvalue weighted by molar-refractivity contribution is -0.383. The van der Waals surface area contributed by atoms with Gasteiger partial charge in [0.15, 0.2) is 0 Å². The maximum absolute atomic E-state index is 11.8. The third-order valence-electron chi connectivity index (χ3n) is 4.78. The molecule has 9 nitrogen and oxygen atoms in total. The molecule has 0 unspecified atom stereocenters. The molecule has 2 heterocycles. The molecule has 1 aliphatic rings. The van der Waals surface area contributed by atoms with Crippen molar-refractivity contribution in [2.45, 2.75) is 38.3 Å². The maximum atomic E-state index is 11.8. The molecule has 1 aromatic carbocycles. The summed E-state index contributed by atoms with van der Waals surface area (Å²) in [5, 5.41) is 19.2. The van der Waals surface area contributed by atoms with Gasteiger partial charge in [-0.3, -0.25) is 19.6 Å². The molecule has 26 heavy (non-hydrogen) atoms. The van der Waals surface area contributed by atoms with E-state index < -0.39 is 10.5 Å². The Morgan fingerprint density at radius 3 is 2.92 bits per heavy atom. The number of H-pyrrole nitrogens is 1. The monoisotopic (exact) mass is 354 g/mol. The number of benzene rings is 1. The summed E-state index contributed by atoms with van der Waals surface area (Å²) in [6.07, 6.45) is 7.99. The van der Waals surface area contributed by atoms with Crippen LogP contribution < -0.4 is 10.9 Å². The predicted octanol–water partition coefficient (Wildman–Crippen LogP) is 2.76. The molecule has 0 bridgehead atoms. The van der Waals surface area contributed by atoms with E-state index in [0.29, 0.717) is 23.8 Å². The van der Waals surface area contributed by atoms with Crippen molar-refractivity contribution in [1.82, 2.24) is 19.7 Å². The number of fused-ring (bicyclic) bond motifs is 1.